The number of amides is 14. The molecule has 11 atom stereocenters. The standard InChI is InChI=1S/C14H23N3O2.C14H23N3O.C13H19FN2O.C13H21N3O2.C13H21N3O.C13H20N2O.C12H24N2O.C10H20N2O2/c1-10(2)11(3)15-14(18)17(4)9-12-7-6-8-13(16-12)19-5;1-10(2)11(3)16-14(18)17(5)12(4)13-7-6-8-15-9-13;1-8(2)10(4)15-13(17)16-12-6-5-9(3)7-11(12)14;1-9(2)10(3)14-13(18)16(4)8-11-6-5-7-12(17)15-11;1-10(2)11(3)15-13(17)16(4)9-12-6-5-7-14-8-12;1-9(2)11(4)14-13(16)15-12-7-5-10(3)6-8-12;1-9(2)11(4)13-12(5)14-6-7-15-10(3)8-14;1-7(2)8(3)11-10(13)12-9-4-5-14-6-9/h6-8,10-11H,9H2,1-5H3,(H,15,18);6-12H,1-5H3,(H,16,18);5-8,10H,1-4H3,(H2,15,16,17);5-7,9-10H,8H2,1-4H3,(H,14,18)(H,15,17);5-8,10-11H,9H2,1-4H3,(H,15,17);5-9,11H,1-4H3,(H2,14,15,16);9-11,13H,5-8H2,1-4H3;7-9H,4-6H2,1-3H3,(H2,11,12,13)/t11-;11-,12?;2*10-;2*11-;10-,11-;8-,9?/m11111111/s1. The van der Waals surface area contributed by atoms with Gasteiger partial charge in [-0.15, -0.1) is 0 Å². The maximum absolute atomic E-state index is 13.5. The van der Waals surface area contributed by atoms with Crippen LogP contribution in [0.2, 0.25) is 0 Å². The van der Waals surface area contributed by atoms with E-state index in [0.717, 1.165) is 72.3 Å². The second-order valence-corrected chi connectivity index (χ2v) is 37.7. The lowest BCUT2D eigenvalue weighted by atomic mass is 10.1. The quantitative estimate of drug-likeness (QED) is 0.0199. The Kier molecular flexibility index (Phi) is 58.2. The Morgan fingerprint density at radius 2 is 0.955 bits per heavy atom. The molecule has 2 saturated heterocycles. The van der Waals surface area contributed by atoms with Gasteiger partial charge in [0.2, 0.25) is 11.4 Å². The summed E-state index contributed by atoms with van der Waals surface area (Å²) < 4.78 is 29.2. The first-order valence-electron chi connectivity index (χ1n) is 47.3. The van der Waals surface area contributed by atoms with E-state index >= 15 is 0 Å². The molecular weight excluding hydrogens is 1700 g/mol. The van der Waals surface area contributed by atoms with Gasteiger partial charge in [-0.1, -0.05) is 165 Å². The minimum absolute atomic E-state index is 0.0121. The van der Waals surface area contributed by atoms with Gasteiger partial charge in [0.1, 0.15) is 5.82 Å². The smallest absolute Gasteiger partial charge is 0.319 e. The Balaban J connectivity index is 0.000000767. The van der Waals surface area contributed by atoms with Gasteiger partial charge in [-0.3, -0.25) is 14.8 Å². The number of carbonyl (C=O) groups excluding carboxylic acids is 7. The lowest BCUT2D eigenvalue weighted by Gasteiger charge is -2.36. The minimum atomic E-state index is -0.419. The van der Waals surface area contributed by atoms with E-state index in [4.69, 9.17) is 14.2 Å². The van der Waals surface area contributed by atoms with E-state index in [2.05, 4.69) is 201 Å². The number of pyridine rings is 4. The molecule has 2 unspecified atom stereocenters. The van der Waals surface area contributed by atoms with Crippen LogP contribution in [0, 0.1) is 67.0 Å². The molecule has 2 aliphatic heterocycles. The topological polar surface area (TPSA) is 367 Å². The third kappa shape index (κ3) is 51.8. The van der Waals surface area contributed by atoms with Gasteiger partial charge in [0.25, 0.3) is 0 Å². The molecule has 6 aromatic rings. The lowest BCUT2D eigenvalue weighted by molar-refractivity contribution is -0.00872. The number of methoxy groups -OCH3 is 1. The number of urea groups is 7. The van der Waals surface area contributed by atoms with Crippen LogP contribution in [0.5, 0.6) is 5.88 Å². The second kappa shape index (κ2) is 64.6. The molecule has 0 bridgehead atoms. The van der Waals surface area contributed by atoms with Gasteiger partial charge in [-0.2, -0.15) is 0 Å². The van der Waals surface area contributed by atoms with Crippen molar-refractivity contribution in [2.45, 2.75) is 286 Å². The van der Waals surface area contributed by atoms with Crippen molar-refractivity contribution < 1.29 is 52.2 Å². The van der Waals surface area contributed by atoms with Gasteiger partial charge in [0.05, 0.1) is 68.8 Å². The van der Waals surface area contributed by atoms with Crippen molar-refractivity contribution >= 4 is 53.6 Å². The van der Waals surface area contributed by atoms with Crippen molar-refractivity contribution in [1.82, 2.24) is 92.3 Å². The van der Waals surface area contributed by atoms with Crippen LogP contribution >= 0.6 is 0 Å². The predicted molar refractivity (Wildman–Crippen MR) is 542 cm³/mol. The zero-order chi connectivity index (χ0) is 102. The van der Waals surface area contributed by atoms with Crippen LogP contribution < -0.4 is 68.8 Å². The molecule has 2 fully saturated rings. The zero-order valence-corrected chi connectivity index (χ0v) is 87.1. The average Bonchev–Trinajstić information content (AvgIpc) is 1.16. The fourth-order valence-corrected chi connectivity index (χ4v) is 10.9. The average molecular weight is 1870 g/mol. The van der Waals surface area contributed by atoms with Gasteiger partial charge < -0.3 is 102 Å². The van der Waals surface area contributed by atoms with Gasteiger partial charge in [-0.25, -0.2) is 42.9 Å². The Morgan fingerprint density at radius 3 is 1.40 bits per heavy atom. The number of benzene rings is 2. The van der Waals surface area contributed by atoms with Gasteiger partial charge in [-0.05, 0) is 202 Å². The Hall–Kier alpha value is -11.3. The van der Waals surface area contributed by atoms with Crippen LogP contribution in [0.3, 0.4) is 0 Å². The van der Waals surface area contributed by atoms with Crippen molar-refractivity contribution in [3.8, 4) is 5.88 Å². The molecule has 32 heteroatoms. The van der Waals surface area contributed by atoms with E-state index in [1.807, 2.05) is 137 Å². The van der Waals surface area contributed by atoms with Gasteiger partial charge in [0, 0.05) is 151 Å². The molecule has 31 nitrogen and oxygen atoms in total. The first-order valence-corrected chi connectivity index (χ1v) is 47.3. The van der Waals surface area contributed by atoms with Gasteiger partial charge in [0.15, 0.2) is 0 Å². The summed E-state index contributed by atoms with van der Waals surface area (Å²) >= 11 is 0. The number of carbonyl (C=O) groups is 7. The molecule has 752 valence electrons. The number of anilines is 2. The number of halogens is 1. The highest BCUT2D eigenvalue weighted by molar-refractivity contribution is 5.90. The Labute approximate surface area is 802 Å². The molecule has 2 aromatic carbocycles. The summed E-state index contributed by atoms with van der Waals surface area (Å²) in [4.78, 5) is 117. The van der Waals surface area contributed by atoms with Crippen LogP contribution in [0.25, 0.3) is 0 Å². The van der Waals surface area contributed by atoms with E-state index in [9.17, 15) is 42.7 Å². The van der Waals surface area contributed by atoms with E-state index in [-0.39, 0.29) is 108 Å². The molecule has 0 aliphatic carbocycles. The molecule has 12 N–H and O–H groups in total. The number of aryl methyl sites for hydroxylation is 2. The molecule has 134 heavy (non-hydrogen) atoms. The zero-order valence-electron chi connectivity index (χ0n) is 87.1. The van der Waals surface area contributed by atoms with Crippen LogP contribution in [-0.4, -0.2) is 215 Å². The molecule has 0 spiro atoms. The molecule has 14 amide bonds. The SMILES string of the molecule is C=C(N[C@H](C)C(C)C)N1CCO[C@H](C)C1.CC(C)[C@@H](C)NC(=O)N(C)C(C)c1cccnc1.CC(C)[C@@H](C)NC(=O)N(C)Cc1cccc(=O)[nH]1.CC(C)[C@@H](C)NC(=O)N(C)Cc1cccnc1.CC(C)[C@@H](C)NC(=O)NC1CCOC1.COc1cccc(CN(C)C(=O)N[C@H](C)C(C)C)n1.Cc1ccc(NC(=O)N[C@H](C)C(C)C)c(F)c1.Cc1ccc(NC(=O)N[C@H](C)C(C)C)cc1. The van der Waals surface area contributed by atoms with Crippen molar-refractivity contribution in [3.63, 3.8) is 0 Å². The maximum Gasteiger partial charge on any atom is 0.319 e. The van der Waals surface area contributed by atoms with Crippen molar-refractivity contribution in [1.29, 1.82) is 0 Å². The highest BCUT2D eigenvalue weighted by atomic mass is 19.1. The first kappa shape index (κ1) is 121. The summed E-state index contributed by atoms with van der Waals surface area (Å²) in [7, 11) is 8.62. The second-order valence-electron chi connectivity index (χ2n) is 37.7. The van der Waals surface area contributed by atoms with Crippen molar-refractivity contribution in [2.24, 2.45) is 47.3 Å². The number of aromatic nitrogens is 4. The number of morpholine rings is 1. The van der Waals surface area contributed by atoms with E-state index in [1.54, 1.807) is 117 Å². The fraction of sp³-hybridized carbons (Fsp3) is 0.598. The number of aromatic amines is 1. The molecule has 8 rings (SSSR count). The summed E-state index contributed by atoms with van der Waals surface area (Å²) in [5.74, 6) is 4.69. The largest absolute Gasteiger partial charge is 0.481 e. The lowest BCUT2D eigenvalue weighted by Crippen LogP contribution is -2.47. The minimum Gasteiger partial charge on any atom is -0.481 e. The summed E-state index contributed by atoms with van der Waals surface area (Å²) in [6.07, 6.45) is 8.26. The third-order valence-corrected chi connectivity index (χ3v) is 23.3. The van der Waals surface area contributed by atoms with E-state index in [1.165, 1.54) is 17.7 Å². The monoisotopic (exact) mass is 1870 g/mol. The molecule has 4 aromatic heterocycles. The number of rotatable bonds is 30. The number of nitrogens with one attached hydrogen (secondary N) is 12. The van der Waals surface area contributed by atoms with Crippen molar-refractivity contribution in [2.75, 3.05) is 78.8 Å². The Morgan fingerprint density at radius 1 is 0.507 bits per heavy atom. The third-order valence-electron chi connectivity index (χ3n) is 23.3. The van der Waals surface area contributed by atoms with E-state index < -0.39 is 5.82 Å². The van der Waals surface area contributed by atoms with Crippen LogP contribution in [0.4, 0.5) is 49.3 Å². The number of ether oxygens (including phenoxy) is 3. The molecule has 0 radical (unpaired) electrons. The Bertz CT molecular complexity index is 4380. The highest BCUT2D eigenvalue weighted by Gasteiger charge is 2.25. The summed E-state index contributed by atoms with van der Waals surface area (Å²) in [6, 6.07) is 31.3. The molecule has 6 heterocycles. The number of H-pyrrole nitrogens is 1. The molecule has 2 aliphatic rings. The maximum atomic E-state index is 13.5. The predicted octanol–water partition coefficient (Wildman–Crippen LogP) is 18.3. The van der Waals surface area contributed by atoms with Crippen LogP contribution in [-0.2, 0) is 29.1 Å². The summed E-state index contributed by atoms with van der Waals surface area (Å²) in [6.45, 7) is 67.0. The van der Waals surface area contributed by atoms with E-state index in [0.29, 0.717) is 91.6 Å². The highest BCUT2D eigenvalue weighted by Crippen LogP contribution is 2.21. The number of hydrogen-bond donors (Lipinski definition) is 12. The normalized spacial score (nSPS) is 15.0. The van der Waals surface area contributed by atoms with Crippen molar-refractivity contribution in [3.05, 3.63) is 190 Å². The summed E-state index contributed by atoms with van der Waals surface area (Å²) in [5.41, 5.74) is 6.45. The summed E-state index contributed by atoms with van der Waals surface area (Å²) in [5, 5.41) is 32.0. The molecule has 0 saturated carbocycles. The first-order chi connectivity index (χ1) is 62.7. The van der Waals surface area contributed by atoms with Gasteiger partial charge >= 0.3 is 42.2 Å². The molecular formula is C102H171FN20O11. The number of nitrogens with zero attached hydrogens (tertiary/aromatic N) is 8. The number of hydrogen-bond acceptors (Lipinski definition) is 16. The van der Waals surface area contributed by atoms with Crippen LogP contribution in [0.1, 0.15) is 226 Å². The fourth-order valence-electron chi connectivity index (χ4n) is 10.9. The van der Waals surface area contributed by atoms with Crippen LogP contribution in [0.15, 0.2) is 145 Å².